The van der Waals surface area contributed by atoms with Crippen molar-refractivity contribution >= 4 is 11.8 Å². The molecule has 1 heterocycles. The molecule has 1 aromatic rings. The van der Waals surface area contributed by atoms with Gasteiger partial charge in [-0.15, -0.1) is 0 Å². The molecule has 0 aliphatic rings. The number of thioether (sulfide) groups is 1. The van der Waals surface area contributed by atoms with E-state index in [1.807, 2.05) is 19.2 Å². The average Bonchev–Trinajstić information content (AvgIpc) is 2.28. The van der Waals surface area contributed by atoms with Gasteiger partial charge in [0, 0.05) is 24.2 Å². The largest absolute Gasteiger partial charge is 0.316 e. The molecule has 4 heteroatoms. The highest BCUT2D eigenvalue weighted by molar-refractivity contribution is 7.99. The molecule has 0 bridgehead atoms. The van der Waals surface area contributed by atoms with E-state index >= 15 is 0 Å². The third-order valence-electron chi connectivity index (χ3n) is 2.24. The summed E-state index contributed by atoms with van der Waals surface area (Å²) in [5, 5.41) is 4.31. The molecule has 0 unspecified atom stereocenters. The lowest BCUT2D eigenvalue weighted by Crippen LogP contribution is -2.18. The maximum Gasteiger partial charge on any atom is 0.187 e. The van der Waals surface area contributed by atoms with Crippen molar-refractivity contribution in [3.63, 3.8) is 0 Å². The normalized spacial score (nSPS) is 10.6. The summed E-state index contributed by atoms with van der Waals surface area (Å²) in [6.45, 7) is 6.38. The van der Waals surface area contributed by atoms with Crippen molar-refractivity contribution in [2.75, 3.05) is 18.8 Å². The quantitative estimate of drug-likeness (QED) is 0.430. The second-order valence-corrected chi connectivity index (χ2v) is 4.85. The molecule has 0 saturated carbocycles. The number of nitrogens with one attached hydrogen (secondary N) is 1. The molecule has 0 aliphatic carbocycles. The zero-order valence-corrected chi connectivity index (χ0v) is 11.0. The van der Waals surface area contributed by atoms with Crippen LogP contribution in [0.1, 0.15) is 31.9 Å². The maximum absolute atomic E-state index is 4.34. The van der Waals surface area contributed by atoms with E-state index in [0.29, 0.717) is 0 Å². The van der Waals surface area contributed by atoms with Gasteiger partial charge in [-0.05, 0) is 26.0 Å². The van der Waals surface area contributed by atoms with E-state index in [-0.39, 0.29) is 0 Å². The predicted octanol–water partition coefficient (Wildman–Crippen LogP) is 2.66. The summed E-state index contributed by atoms with van der Waals surface area (Å²) in [5.74, 6) is 1.04. The Labute approximate surface area is 102 Å². The Morgan fingerprint density at radius 1 is 1.31 bits per heavy atom. The van der Waals surface area contributed by atoms with Gasteiger partial charge in [-0.2, -0.15) is 0 Å². The molecule has 0 amide bonds. The minimum Gasteiger partial charge on any atom is -0.316 e. The van der Waals surface area contributed by atoms with Crippen LogP contribution in [0.5, 0.6) is 0 Å². The SMILES string of the molecule is CCCCCNCCSc1nccc(C)n1. The van der Waals surface area contributed by atoms with Gasteiger partial charge < -0.3 is 5.32 Å². The number of rotatable bonds is 8. The van der Waals surface area contributed by atoms with Crippen LogP contribution >= 0.6 is 11.8 Å². The Bertz CT molecular complexity index is 291. The topological polar surface area (TPSA) is 37.8 Å². The molecule has 1 rings (SSSR count). The lowest BCUT2D eigenvalue weighted by Gasteiger charge is -2.03. The third-order valence-corrected chi connectivity index (χ3v) is 3.10. The summed E-state index contributed by atoms with van der Waals surface area (Å²) in [7, 11) is 0. The summed E-state index contributed by atoms with van der Waals surface area (Å²) in [6, 6.07) is 1.92. The van der Waals surface area contributed by atoms with Gasteiger partial charge in [0.25, 0.3) is 0 Å². The smallest absolute Gasteiger partial charge is 0.187 e. The number of aryl methyl sites for hydroxylation is 1. The molecule has 0 spiro atoms. The Morgan fingerprint density at radius 2 is 2.19 bits per heavy atom. The van der Waals surface area contributed by atoms with Gasteiger partial charge in [-0.1, -0.05) is 31.5 Å². The van der Waals surface area contributed by atoms with Gasteiger partial charge in [0.15, 0.2) is 5.16 Å². The van der Waals surface area contributed by atoms with E-state index in [0.717, 1.165) is 29.7 Å². The second kappa shape index (κ2) is 8.53. The molecule has 0 fully saturated rings. The lowest BCUT2D eigenvalue weighted by atomic mass is 10.2. The summed E-state index contributed by atoms with van der Waals surface area (Å²) in [5.41, 5.74) is 1.04. The summed E-state index contributed by atoms with van der Waals surface area (Å²) in [6.07, 6.45) is 5.70. The van der Waals surface area contributed by atoms with Crippen LogP contribution in [0.4, 0.5) is 0 Å². The first-order valence-electron chi connectivity index (χ1n) is 5.96. The van der Waals surface area contributed by atoms with Gasteiger partial charge in [-0.25, -0.2) is 9.97 Å². The number of unbranched alkanes of at least 4 members (excludes halogenated alkanes) is 2. The van der Waals surface area contributed by atoms with Crippen LogP contribution in [-0.2, 0) is 0 Å². The van der Waals surface area contributed by atoms with Crippen LogP contribution in [0.2, 0.25) is 0 Å². The number of nitrogens with zero attached hydrogens (tertiary/aromatic N) is 2. The lowest BCUT2D eigenvalue weighted by molar-refractivity contribution is 0.635. The van der Waals surface area contributed by atoms with Crippen LogP contribution in [0.15, 0.2) is 17.4 Å². The van der Waals surface area contributed by atoms with Gasteiger partial charge >= 0.3 is 0 Å². The summed E-state index contributed by atoms with van der Waals surface area (Å²) in [4.78, 5) is 8.56. The van der Waals surface area contributed by atoms with Crippen LogP contribution in [0.25, 0.3) is 0 Å². The molecular weight excluding hydrogens is 218 g/mol. The van der Waals surface area contributed by atoms with Crippen molar-refractivity contribution in [1.29, 1.82) is 0 Å². The van der Waals surface area contributed by atoms with E-state index in [4.69, 9.17) is 0 Å². The molecule has 0 atom stereocenters. The molecular formula is C12H21N3S. The molecule has 0 saturated heterocycles. The van der Waals surface area contributed by atoms with E-state index < -0.39 is 0 Å². The van der Waals surface area contributed by atoms with Crippen molar-refractivity contribution in [2.45, 2.75) is 38.3 Å². The van der Waals surface area contributed by atoms with Gasteiger partial charge in [-0.3, -0.25) is 0 Å². The molecule has 0 aliphatic heterocycles. The summed E-state index contributed by atoms with van der Waals surface area (Å²) < 4.78 is 0. The van der Waals surface area contributed by atoms with Crippen molar-refractivity contribution < 1.29 is 0 Å². The zero-order chi connectivity index (χ0) is 11.6. The van der Waals surface area contributed by atoms with Gasteiger partial charge in [0.05, 0.1) is 0 Å². The molecule has 16 heavy (non-hydrogen) atoms. The van der Waals surface area contributed by atoms with Crippen LogP contribution in [0.3, 0.4) is 0 Å². The Morgan fingerprint density at radius 3 is 2.94 bits per heavy atom. The predicted molar refractivity (Wildman–Crippen MR) is 69.9 cm³/mol. The number of hydrogen-bond acceptors (Lipinski definition) is 4. The van der Waals surface area contributed by atoms with Crippen LogP contribution < -0.4 is 5.32 Å². The highest BCUT2D eigenvalue weighted by atomic mass is 32.2. The molecule has 3 nitrogen and oxygen atoms in total. The average molecular weight is 239 g/mol. The molecule has 0 aromatic carbocycles. The number of aromatic nitrogens is 2. The fraction of sp³-hybridized carbons (Fsp3) is 0.667. The fourth-order valence-corrected chi connectivity index (χ4v) is 2.11. The van der Waals surface area contributed by atoms with Crippen molar-refractivity contribution in [3.05, 3.63) is 18.0 Å². The monoisotopic (exact) mass is 239 g/mol. The number of hydrogen-bond donors (Lipinski definition) is 1. The van der Waals surface area contributed by atoms with E-state index in [9.17, 15) is 0 Å². The maximum atomic E-state index is 4.34. The van der Waals surface area contributed by atoms with Gasteiger partial charge in [0.1, 0.15) is 0 Å². The van der Waals surface area contributed by atoms with Crippen LogP contribution in [-0.4, -0.2) is 28.8 Å². The molecule has 0 radical (unpaired) electrons. The second-order valence-electron chi connectivity index (χ2n) is 3.79. The Kier molecular flexibility index (Phi) is 7.17. The van der Waals surface area contributed by atoms with Crippen LogP contribution in [0, 0.1) is 6.92 Å². The molecule has 1 N–H and O–H groups in total. The highest BCUT2D eigenvalue weighted by Gasteiger charge is 1.96. The zero-order valence-electron chi connectivity index (χ0n) is 10.2. The first-order chi connectivity index (χ1) is 7.83. The van der Waals surface area contributed by atoms with E-state index in [1.165, 1.54) is 19.3 Å². The Balaban J connectivity index is 2.03. The molecule has 1 aromatic heterocycles. The van der Waals surface area contributed by atoms with Crippen molar-refractivity contribution in [1.82, 2.24) is 15.3 Å². The fourth-order valence-electron chi connectivity index (χ4n) is 1.33. The third kappa shape index (κ3) is 6.08. The highest BCUT2D eigenvalue weighted by Crippen LogP contribution is 2.10. The van der Waals surface area contributed by atoms with Crippen molar-refractivity contribution in [2.24, 2.45) is 0 Å². The minimum atomic E-state index is 0.885. The van der Waals surface area contributed by atoms with Gasteiger partial charge in [0.2, 0.25) is 0 Å². The van der Waals surface area contributed by atoms with Crippen molar-refractivity contribution in [3.8, 4) is 0 Å². The van der Waals surface area contributed by atoms with E-state index in [2.05, 4.69) is 22.2 Å². The standard InChI is InChI=1S/C12H21N3S/c1-3-4-5-7-13-9-10-16-12-14-8-6-11(2)15-12/h6,8,13H,3-5,7,9-10H2,1-2H3. The first kappa shape index (κ1) is 13.5. The molecule has 90 valence electrons. The first-order valence-corrected chi connectivity index (χ1v) is 6.94. The summed E-state index contributed by atoms with van der Waals surface area (Å²) >= 11 is 1.71. The Hall–Kier alpha value is -0.610. The van der Waals surface area contributed by atoms with E-state index in [1.54, 1.807) is 11.8 Å². The minimum absolute atomic E-state index is 0.885.